The molecule has 0 radical (unpaired) electrons. The first kappa shape index (κ1) is 20.0. The normalized spacial score (nSPS) is 14.7. The van der Waals surface area contributed by atoms with Crippen LogP contribution >= 0.6 is 0 Å². The van der Waals surface area contributed by atoms with E-state index in [-0.39, 0.29) is 17.6 Å². The molecule has 0 saturated carbocycles. The molecule has 3 heterocycles. The molecule has 0 bridgehead atoms. The van der Waals surface area contributed by atoms with Crippen molar-refractivity contribution in [3.8, 4) is 5.69 Å². The van der Waals surface area contributed by atoms with Gasteiger partial charge < -0.3 is 10.2 Å². The lowest BCUT2D eigenvalue weighted by atomic mass is 10.0. The Balaban J connectivity index is 1.46. The number of benzene rings is 1. The summed E-state index contributed by atoms with van der Waals surface area (Å²) < 4.78 is 28.8. The molecule has 30 heavy (non-hydrogen) atoms. The van der Waals surface area contributed by atoms with E-state index < -0.39 is 11.6 Å². The van der Waals surface area contributed by atoms with Crippen LogP contribution in [0.1, 0.15) is 34.6 Å². The lowest BCUT2D eigenvalue weighted by molar-refractivity contribution is 0.0930. The van der Waals surface area contributed by atoms with Crippen molar-refractivity contribution in [3.63, 3.8) is 0 Å². The highest BCUT2D eigenvalue weighted by molar-refractivity contribution is 5.96. The number of carbonyl (C=O) groups is 1. The topological polar surface area (TPSA) is 63.1 Å². The molecular weight excluding hydrogens is 388 g/mol. The van der Waals surface area contributed by atoms with Gasteiger partial charge in [0, 0.05) is 31.4 Å². The summed E-state index contributed by atoms with van der Waals surface area (Å²) in [6, 6.07) is 9.17. The third-order valence-corrected chi connectivity index (χ3v) is 5.46. The minimum absolute atomic E-state index is 0.0437. The van der Waals surface area contributed by atoms with E-state index in [1.165, 1.54) is 16.8 Å². The largest absolute Gasteiger partial charge is 0.356 e. The molecule has 1 fully saturated rings. The summed E-state index contributed by atoms with van der Waals surface area (Å²) in [5.41, 5.74) is 1.55. The van der Waals surface area contributed by atoms with Crippen LogP contribution in [-0.2, 0) is 0 Å². The van der Waals surface area contributed by atoms with Crippen LogP contribution in [0.4, 0.5) is 14.6 Å². The number of aryl methyl sites for hydroxylation is 1. The first-order chi connectivity index (χ1) is 14.4. The molecule has 1 saturated heterocycles. The van der Waals surface area contributed by atoms with Crippen LogP contribution in [0.25, 0.3) is 5.69 Å². The molecule has 3 aromatic rings. The second kappa shape index (κ2) is 8.22. The van der Waals surface area contributed by atoms with Gasteiger partial charge in [-0.05, 0) is 51.0 Å². The zero-order valence-corrected chi connectivity index (χ0v) is 16.9. The first-order valence-corrected chi connectivity index (χ1v) is 9.92. The van der Waals surface area contributed by atoms with Crippen molar-refractivity contribution in [1.29, 1.82) is 0 Å². The summed E-state index contributed by atoms with van der Waals surface area (Å²) in [5, 5.41) is 7.40. The molecule has 0 atom stereocenters. The molecule has 6 nitrogen and oxygen atoms in total. The highest BCUT2D eigenvalue weighted by Crippen LogP contribution is 2.22. The Hall–Kier alpha value is -3.29. The van der Waals surface area contributed by atoms with Crippen molar-refractivity contribution in [2.45, 2.75) is 32.7 Å². The Bertz CT molecular complexity index is 1060. The molecule has 0 spiro atoms. The number of amides is 1. The molecule has 156 valence electrons. The van der Waals surface area contributed by atoms with Crippen LogP contribution in [0, 0.1) is 25.5 Å². The predicted molar refractivity (Wildman–Crippen MR) is 110 cm³/mol. The van der Waals surface area contributed by atoms with E-state index in [2.05, 4.69) is 20.3 Å². The fourth-order valence-electron chi connectivity index (χ4n) is 3.91. The number of aromatic nitrogens is 3. The highest BCUT2D eigenvalue weighted by Gasteiger charge is 2.25. The summed E-state index contributed by atoms with van der Waals surface area (Å²) in [5.74, 6) is -0.672. The molecule has 1 aliphatic rings. The van der Waals surface area contributed by atoms with E-state index in [0.29, 0.717) is 17.0 Å². The molecular formula is C22H23F2N5O. The van der Waals surface area contributed by atoms with Gasteiger partial charge in [-0.1, -0.05) is 6.07 Å². The summed E-state index contributed by atoms with van der Waals surface area (Å²) in [4.78, 5) is 19.5. The Morgan fingerprint density at radius 1 is 1.13 bits per heavy atom. The number of hydrogen-bond acceptors (Lipinski definition) is 4. The van der Waals surface area contributed by atoms with Crippen molar-refractivity contribution < 1.29 is 13.6 Å². The van der Waals surface area contributed by atoms with Gasteiger partial charge in [-0.25, -0.2) is 18.4 Å². The molecule has 1 aromatic carbocycles. The van der Waals surface area contributed by atoms with Crippen LogP contribution in [-0.4, -0.2) is 39.8 Å². The summed E-state index contributed by atoms with van der Waals surface area (Å²) in [6.07, 6.45) is 3.39. The minimum atomic E-state index is -0.727. The molecule has 1 amide bonds. The van der Waals surface area contributed by atoms with Gasteiger partial charge in [0.2, 0.25) is 0 Å². The van der Waals surface area contributed by atoms with E-state index in [1.807, 2.05) is 18.2 Å². The van der Waals surface area contributed by atoms with Crippen LogP contribution in [0.3, 0.4) is 0 Å². The smallest absolute Gasteiger partial charge is 0.255 e. The summed E-state index contributed by atoms with van der Waals surface area (Å²) in [6.45, 7) is 5.03. The molecule has 2 aromatic heterocycles. The number of nitrogens with zero attached hydrogens (tertiary/aromatic N) is 4. The maximum atomic E-state index is 14.2. The Morgan fingerprint density at radius 2 is 1.90 bits per heavy atom. The predicted octanol–water partition coefficient (Wildman–Crippen LogP) is 3.56. The van der Waals surface area contributed by atoms with Crippen molar-refractivity contribution >= 4 is 11.7 Å². The van der Waals surface area contributed by atoms with Gasteiger partial charge in [-0.3, -0.25) is 4.79 Å². The lowest BCUT2D eigenvalue weighted by Gasteiger charge is -2.33. The number of piperidine rings is 1. The lowest BCUT2D eigenvalue weighted by Crippen LogP contribution is -2.45. The van der Waals surface area contributed by atoms with Gasteiger partial charge in [0.15, 0.2) is 5.82 Å². The van der Waals surface area contributed by atoms with E-state index in [0.717, 1.165) is 37.8 Å². The van der Waals surface area contributed by atoms with Gasteiger partial charge in [-0.2, -0.15) is 5.10 Å². The molecule has 4 rings (SSSR count). The fourth-order valence-corrected chi connectivity index (χ4v) is 3.91. The summed E-state index contributed by atoms with van der Waals surface area (Å²) in [7, 11) is 0. The minimum Gasteiger partial charge on any atom is -0.356 e. The molecule has 0 unspecified atom stereocenters. The van der Waals surface area contributed by atoms with Crippen LogP contribution in [0.5, 0.6) is 0 Å². The number of halogens is 2. The quantitative estimate of drug-likeness (QED) is 0.713. The van der Waals surface area contributed by atoms with Crippen molar-refractivity contribution in [3.05, 3.63) is 71.2 Å². The van der Waals surface area contributed by atoms with E-state index in [9.17, 15) is 13.6 Å². The second-order valence-electron chi connectivity index (χ2n) is 7.48. The number of nitrogens with one attached hydrogen (secondary N) is 1. The Labute approximate surface area is 173 Å². The van der Waals surface area contributed by atoms with Crippen LogP contribution in [0.15, 0.2) is 42.6 Å². The molecule has 1 N–H and O–H groups in total. The first-order valence-electron chi connectivity index (χ1n) is 9.92. The van der Waals surface area contributed by atoms with Gasteiger partial charge in [-0.15, -0.1) is 0 Å². The number of carbonyl (C=O) groups excluding carboxylic acids is 1. The number of pyridine rings is 1. The number of hydrogen-bond donors (Lipinski definition) is 1. The van der Waals surface area contributed by atoms with Gasteiger partial charge in [0.05, 0.1) is 17.0 Å². The summed E-state index contributed by atoms with van der Waals surface area (Å²) >= 11 is 0. The van der Waals surface area contributed by atoms with Gasteiger partial charge >= 0.3 is 0 Å². The highest BCUT2D eigenvalue weighted by atomic mass is 19.1. The van der Waals surface area contributed by atoms with Crippen LogP contribution in [0.2, 0.25) is 0 Å². The van der Waals surface area contributed by atoms with Crippen molar-refractivity contribution in [2.75, 3.05) is 18.0 Å². The second-order valence-corrected chi connectivity index (χ2v) is 7.48. The molecule has 0 aliphatic carbocycles. The average Bonchev–Trinajstić information content (AvgIpc) is 3.03. The SMILES string of the molecule is Cc1nn(-c2ccc(F)cc2F)c(C)c1C(=O)NC1CCN(c2ccccn2)CC1. The van der Waals surface area contributed by atoms with Crippen molar-refractivity contribution in [2.24, 2.45) is 0 Å². The molecule has 8 heteroatoms. The van der Waals surface area contributed by atoms with Crippen LogP contribution < -0.4 is 10.2 Å². The molecule has 1 aliphatic heterocycles. The third kappa shape index (κ3) is 3.90. The monoisotopic (exact) mass is 411 g/mol. The average molecular weight is 411 g/mol. The van der Waals surface area contributed by atoms with E-state index >= 15 is 0 Å². The maximum Gasteiger partial charge on any atom is 0.255 e. The maximum absolute atomic E-state index is 14.2. The Morgan fingerprint density at radius 3 is 2.57 bits per heavy atom. The van der Waals surface area contributed by atoms with E-state index in [1.54, 1.807) is 20.0 Å². The Kier molecular flexibility index (Phi) is 5.48. The van der Waals surface area contributed by atoms with E-state index in [4.69, 9.17) is 0 Å². The van der Waals surface area contributed by atoms with Gasteiger partial charge in [0.25, 0.3) is 5.91 Å². The van der Waals surface area contributed by atoms with Gasteiger partial charge in [0.1, 0.15) is 17.3 Å². The number of rotatable bonds is 4. The third-order valence-electron chi connectivity index (χ3n) is 5.46. The number of anilines is 1. The zero-order chi connectivity index (χ0) is 21.3. The van der Waals surface area contributed by atoms with Crippen molar-refractivity contribution in [1.82, 2.24) is 20.1 Å². The fraction of sp³-hybridized carbons (Fsp3) is 0.318. The standard InChI is InChI=1S/C22H23F2N5O/c1-14-21(15(2)29(27-14)19-7-6-16(23)13-18(19)24)22(30)26-17-8-11-28(12-9-17)20-5-3-4-10-25-20/h3-7,10,13,17H,8-9,11-12H2,1-2H3,(H,26,30). The zero-order valence-electron chi connectivity index (χ0n) is 16.9.